The minimum absolute atomic E-state index is 0.0633. The molecule has 0 aliphatic heterocycles. The molecule has 1 amide bonds. The van der Waals surface area contributed by atoms with Crippen LogP contribution in [-0.2, 0) is 14.3 Å². The summed E-state index contributed by atoms with van der Waals surface area (Å²) in [6.45, 7) is 4.84. The number of ether oxygens (including phenoxy) is 1. The lowest BCUT2D eigenvalue weighted by molar-refractivity contribution is -0.147. The molecule has 0 aliphatic rings. The third kappa shape index (κ3) is 7.77. The molecule has 0 aromatic rings. The largest absolute Gasteiger partial charge is 0.468 e. The van der Waals surface area contributed by atoms with Crippen LogP contribution in [0.3, 0.4) is 0 Å². The van der Waals surface area contributed by atoms with Crippen LogP contribution < -0.4 is 0 Å². The first-order chi connectivity index (χ1) is 8.15. The van der Waals surface area contributed by atoms with E-state index in [-0.39, 0.29) is 18.4 Å². The number of hydrogen-bond acceptors (Lipinski definition) is 3. The number of nitrogens with zero attached hydrogens (tertiary/aromatic N) is 1. The maximum Gasteiger partial charge on any atom is 0.325 e. The molecular weight excluding hydrogens is 218 g/mol. The van der Waals surface area contributed by atoms with Gasteiger partial charge in [-0.25, -0.2) is 0 Å². The predicted molar refractivity (Wildman–Crippen MR) is 67.6 cm³/mol. The molecule has 0 aromatic heterocycles. The van der Waals surface area contributed by atoms with Crippen LogP contribution in [0.2, 0.25) is 0 Å². The van der Waals surface area contributed by atoms with Crippen molar-refractivity contribution in [2.45, 2.75) is 52.4 Å². The highest BCUT2D eigenvalue weighted by Gasteiger charge is 2.15. The van der Waals surface area contributed by atoms with Crippen LogP contribution in [0.25, 0.3) is 0 Å². The van der Waals surface area contributed by atoms with Crippen molar-refractivity contribution < 1.29 is 14.3 Å². The van der Waals surface area contributed by atoms with E-state index < -0.39 is 0 Å². The number of unbranched alkanes of at least 4 members (excludes halogenated alkanes) is 3. The standard InChI is InChI=1S/C13H25NO3/c1-4-6-7-8-9-12(15)14(10-5-2)11-13(16)17-3/h4-11H2,1-3H3. The predicted octanol–water partition coefficient (Wildman–Crippen LogP) is 2.37. The Bertz CT molecular complexity index is 229. The van der Waals surface area contributed by atoms with Gasteiger partial charge in [-0.1, -0.05) is 33.1 Å². The first kappa shape index (κ1) is 15.9. The van der Waals surface area contributed by atoms with Crippen molar-refractivity contribution in [3.05, 3.63) is 0 Å². The third-order valence-electron chi connectivity index (χ3n) is 2.64. The summed E-state index contributed by atoms with van der Waals surface area (Å²) in [5.74, 6) is -0.284. The lowest BCUT2D eigenvalue weighted by atomic mass is 10.1. The van der Waals surface area contributed by atoms with Gasteiger partial charge in [0.05, 0.1) is 7.11 Å². The van der Waals surface area contributed by atoms with Gasteiger partial charge in [-0.05, 0) is 12.8 Å². The summed E-state index contributed by atoms with van der Waals surface area (Å²) in [6, 6.07) is 0. The highest BCUT2D eigenvalue weighted by atomic mass is 16.5. The Balaban J connectivity index is 4.01. The fourth-order valence-electron chi connectivity index (χ4n) is 1.64. The minimum atomic E-state index is -0.347. The van der Waals surface area contributed by atoms with Crippen LogP contribution in [0, 0.1) is 0 Å². The molecule has 0 fully saturated rings. The van der Waals surface area contributed by atoms with E-state index in [1.807, 2.05) is 6.92 Å². The number of carbonyl (C=O) groups excluding carboxylic acids is 2. The summed E-state index contributed by atoms with van der Waals surface area (Å²) < 4.78 is 4.59. The van der Waals surface area contributed by atoms with E-state index in [0.717, 1.165) is 32.1 Å². The van der Waals surface area contributed by atoms with Gasteiger partial charge in [0.2, 0.25) is 5.91 Å². The van der Waals surface area contributed by atoms with Crippen LogP contribution >= 0.6 is 0 Å². The SMILES string of the molecule is CCCCCCC(=O)N(CCC)CC(=O)OC. The van der Waals surface area contributed by atoms with Gasteiger partial charge < -0.3 is 9.64 Å². The van der Waals surface area contributed by atoms with E-state index in [1.165, 1.54) is 7.11 Å². The fraction of sp³-hybridized carbons (Fsp3) is 0.846. The summed E-state index contributed by atoms with van der Waals surface area (Å²) in [5.41, 5.74) is 0. The van der Waals surface area contributed by atoms with Crippen molar-refractivity contribution in [1.82, 2.24) is 4.90 Å². The van der Waals surface area contributed by atoms with E-state index in [9.17, 15) is 9.59 Å². The van der Waals surface area contributed by atoms with Crippen LogP contribution in [0.5, 0.6) is 0 Å². The Kier molecular flexibility index (Phi) is 9.49. The zero-order valence-corrected chi connectivity index (χ0v) is 11.3. The summed E-state index contributed by atoms with van der Waals surface area (Å²) in [7, 11) is 1.35. The average Bonchev–Trinajstić information content (AvgIpc) is 2.33. The summed E-state index contributed by atoms with van der Waals surface area (Å²) in [4.78, 5) is 24.6. The number of carbonyl (C=O) groups is 2. The van der Waals surface area contributed by atoms with E-state index in [1.54, 1.807) is 4.90 Å². The van der Waals surface area contributed by atoms with Crippen molar-refractivity contribution in [1.29, 1.82) is 0 Å². The van der Waals surface area contributed by atoms with Gasteiger partial charge in [0.15, 0.2) is 0 Å². The molecule has 0 bridgehead atoms. The molecule has 0 heterocycles. The van der Waals surface area contributed by atoms with E-state index in [2.05, 4.69) is 11.7 Å². The smallest absolute Gasteiger partial charge is 0.325 e. The van der Waals surface area contributed by atoms with Crippen molar-refractivity contribution in [2.24, 2.45) is 0 Å². The molecule has 0 saturated heterocycles. The zero-order chi connectivity index (χ0) is 13.1. The third-order valence-corrected chi connectivity index (χ3v) is 2.64. The molecule has 0 rings (SSSR count). The zero-order valence-electron chi connectivity index (χ0n) is 11.3. The van der Waals surface area contributed by atoms with Crippen LogP contribution in [-0.4, -0.2) is 37.0 Å². The highest BCUT2D eigenvalue weighted by molar-refractivity contribution is 5.81. The number of rotatable bonds is 9. The molecule has 0 aromatic carbocycles. The van der Waals surface area contributed by atoms with Crippen LogP contribution in [0.1, 0.15) is 52.4 Å². The topological polar surface area (TPSA) is 46.6 Å². The Morgan fingerprint density at radius 1 is 1.06 bits per heavy atom. The molecule has 0 saturated carbocycles. The molecule has 17 heavy (non-hydrogen) atoms. The van der Waals surface area contributed by atoms with Crippen molar-refractivity contribution in [3.8, 4) is 0 Å². The van der Waals surface area contributed by atoms with E-state index in [4.69, 9.17) is 0 Å². The number of amides is 1. The maximum absolute atomic E-state index is 11.9. The highest BCUT2D eigenvalue weighted by Crippen LogP contribution is 2.06. The number of methoxy groups -OCH3 is 1. The Morgan fingerprint density at radius 3 is 2.29 bits per heavy atom. The van der Waals surface area contributed by atoms with Crippen molar-refractivity contribution >= 4 is 11.9 Å². The van der Waals surface area contributed by atoms with Gasteiger partial charge in [-0.2, -0.15) is 0 Å². The Hall–Kier alpha value is -1.06. The molecule has 0 spiro atoms. The lowest BCUT2D eigenvalue weighted by Crippen LogP contribution is -2.36. The summed E-state index contributed by atoms with van der Waals surface area (Å²) in [6.07, 6.45) is 5.72. The lowest BCUT2D eigenvalue weighted by Gasteiger charge is -2.20. The fourth-order valence-corrected chi connectivity index (χ4v) is 1.64. The number of hydrogen-bond donors (Lipinski definition) is 0. The average molecular weight is 243 g/mol. The van der Waals surface area contributed by atoms with Crippen LogP contribution in [0.15, 0.2) is 0 Å². The quantitative estimate of drug-likeness (QED) is 0.461. The van der Waals surface area contributed by atoms with Crippen molar-refractivity contribution in [2.75, 3.05) is 20.2 Å². The van der Waals surface area contributed by atoms with E-state index in [0.29, 0.717) is 13.0 Å². The Labute approximate surface area is 104 Å². The van der Waals surface area contributed by atoms with Gasteiger partial charge in [-0.3, -0.25) is 9.59 Å². The first-order valence-electron chi connectivity index (χ1n) is 6.50. The second kappa shape index (κ2) is 10.1. The Morgan fingerprint density at radius 2 is 1.76 bits per heavy atom. The maximum atomic E-state index is 11.9. The first-order valence-corrected chi connectivity index (χ1v) is 6.50. The molecule has 0 aliphatic carbocycles. The van der Waals surface area contributed by atoms with Gasteiger partial charge >= 0.3 is 5.97 Å². The second-order valence-electron chi connectivity index (χ2n) is 4.20. The van der Waals surface area contributed by atoms with E-state index >= 15 is 0 Å². The minimum Gasteiger partial charge on any atom is -0.468 e. The molecule has 4 heteroatoms. The van der Waals surface area contributed by atoms with Gasteiger partial charge in [-0.15, -0.1) is 0 Å². The molecule has 100 valence electrons. The number of esters is 1. The summed E-state index contributed by atoms with van der Waals surface area (Å²) >= 11 is 0. The molecule has 0 unspecified atom stereocenters. The monoisotopic (exact) mass is 243 g/mol. The molecule has 4 nitrogen and oxygen atoms in total. The second-order valence-corrected chi connectivity index (χ2v) is 4.20. The summed E-state index contributed by atoms with van der Waals surface area (Å²) in [5, 5.41) is 0. The van der Waals surface area contributed by atoms with Crippen LogP contribution in [0.4, 0.5) is 0 Å². The molecular formula is C13H25NO3. The normalized spacial score (nSPS) is 10.1. The van der Waals surface area contributed by atoms with Gasteiger partial charge in [0.25, 0.3) is 0 Å². The van der Waals surface area contributed by atoms with Gasteiger partial charge in [0, 0.05) is 13.0 Å². The van der Waals surface area contributed by atoms with Gasteiger partial charge in [0.1, 0.15) is 6.54 Å². The molecule has 0 N–H and O–H groups in total. The van der Waals surface area contributed by atoms with Crippen molar-refractivity contribution in [3.63, 3.8) is 0 Å². The molecule has 0 radical (unpaired) electrons. The molecule has 0 atom stereocenters.